The summed E-state index contributed by atoms with van der Waals surface area (Å²) in [7, 11) is 1.71. The molecule has 0 aliphatic carbocycles. The molecule has 0 amide bonds. The van der Waals surface area contributed by atoms with E-state index in [0.29, 0.717) is 19.1 Å². The molecular weight excluding hydrogens is 404 g/mol. The molecule has 1 fully saturated rings. The smallest absolute Gasteiger partial charge is 0.165 e. The Labute approximate surface area is 188 Å². The van der Waals surface area contributed by atoms with Gasteiger partial charge in [-0.05, 0) is 49.7 Å². The van der Waals surface area contributed by atoms with Crippen molar-refractivity contribution in [3.8, 4) is 17.2 Å². The van der Waals surface area contributed by atoms with Gasteiger partial charge in [0, 0.05) is 42.5 Å². The van der Waals surface area contributed by atoms with Crippen molar-refractivity contribution in [1.29, 1.82) is 0 Å². The van der Waals surface area contributed by atoms with Crippen molar-refractivity contribution in [3.05, 3.63) is 66.0 Å². The minimum Gasteiger partial charge on any atom is -0.496 e. The first-order valence-electron chi connectivity index (χ1n) is 11.1. The maximum Gasteiger partial charge on any atom is 0.165 e. The maximum absolute atomic E-state index is 5.78. The molecule has 0 radical (unpaired) electrons. The van der Waals surface area contributed by atoms with Crippen molar-refractivity contribution < 1.29 is 14.2 Å². The van der Waals surface area contributed by atoms with Crippen molar-refractivity contribution in [2.24, 2.45) is 0 Å². The number of piperidine rings is 1. The zero-order valence-electron chi connectivity index (χ0n) is 18.3. The molecule has 0 bridgehead atoms. The van der Waals surface area contributed by atoms with Gasteiger partial charge in [0.15, 0.2) is 11.5 Å². The molecule has 4 heterocycles. The summed E-state index contributed by atoms with van der Waals surface area (Å²) in [4.78, 5) is 11.7. The van der Waals surface area contributed by atoms with Crippen LogP contribution in [0.3, 0.4) is 0 Å². The first kappa shape index (κ1) is 20.6. The summed E-state index contributed by atoms with van der Waals surface area (Å²) in [5.74, 6) is 4.42. The van der Waals surface area contributed by atoms with Crippen LogP contribution in [0.1, 0.15) is 30.0 Å². The molecule has 7 heteroatoms. The first-order chi connectivity index (χ1) is 15.8. The van der Waals surface area contributed by atoms with Gasteiger partial charge in [0.2, 0.25) is 0 Å². The molecule has 2 aromatic heterocycles. The predicted molar refractivity (Wildman–Crippen MR) is 123 cm³/mol. The number of ether oxygens (including phenoxy) is 3. The Hall–Kier alpha value is -3.32. The van der Waals surface area contributed by atoms with Crippen LogP contribution in [0.2, 0.25) is 0 Å². The molecule has 1 atom stereocenters. The lowest BCUT2D eigenvalue weighted by molar-refractivity contribution is 0.168. The van der Waals surface area contributed by atoms with E-state index in [1.54, 1.807) is 13.3 Å². The van der Waals surface area contributed by atoms with Crippen LogP contribution in [0.15, 0.2) is 54.7 Å². The molecule has 166 valence electrons. The Morgan fingerprint density at radius 1 is 1.06 bits per heavy atom. The number of hydrogen-bond acceptors (Lipinski definition) is 7. The van der Waals surface area contributed by atoms with Gasteiger partial charge >= 0.3 is 0 Å². The van der Waals surface area contributed by atoms with Crippen molar-refractivity contribution in [1.82, 2.24) is 14.9 Å². The molecule has 0 spiro atoms. The molecule has 7 nitrogen and oxygen atoms in total. The van der Waals surface area contributed by atoms with Crippen molar-refractivity contribution in [2.45, 2.75) is 25.3 Å². The van der Waals surface area contributed by atoms with E-state index in [9.17, 15) is 0 Å². The molecule has 32 heavy (non-hydrogen) atoms. The summed E-state index contributed by atoms with van der Waals surface area (Å²) >= 11 is 0. The fourth-order valence-corrected chi connectivity index (χ4v) is 4.42. The lowest BCUT2D eigenvalue weighted by Gasteiger charge is -2.33. The van der Waals surface area contributed by atoms with Gasteiger partial charge in [-0.1, -0.05) is 12.1 Å². The lowest BCUT2D eigenvalue weighted by atomic mass is 9.94. The highest BCUT2D eigenvalue weighted by molar-refractivity contribution is 5.52. The number of fused-ring (bicyclic) bond motifs is 1. The number of aromatic nitrogens is 2. The van der Waals surface area contributed by atoms with Crippen LogP contribution >= 0.6 is 0 Å². The second-order valence-electron chi connectivity index (χ2n) is 8.17. The normalized spacial score (nSPS) is 18.2. The Morgan fingerprint density at radius 2 is 1.91 bits per heavy atom. The summed E-state index contributed by atoms with van der Waals surface area (Å²) in [5, 5.41) is 3.30. The number of likely N-dealkylation sites (tertiary alicyclic amines) is 1. The molecule has 2 aliphatic heterocycles. The van der Waals surface area contributed by atoms with Gasteiger partial charge in [-0.2, -0.15) is 0 Å². The summed E-state index contributed by atoms with van der Waals surface area (Å²) in [6, 6.07) is 16.0. The summed E-state index contributed by atoms with van der Waals surface area (Å²) in [6.07, 6.45) is 4.04. The number of nitrogens with zero attached hydrogens (tertiary/aromatic N) is 3. The summed E-state index contributed by atoms with van der Waals surface area (Å²) in [6.45, 7) is 3.98. The quantitative estimate of drug-likeness (QED) is 0.620. The largest absolute Gasteiger partial charge is 0.496 e. The molecule has 5 rings (SSSR count). The van der Waals surface area contributed by atoms with E-state index in [1.807, 2.05) is 30.3 Å². The van der Waals surface area contributed by atoms with Crippen molar-refractivity contribution >= 4 is 11.6 Å². The average Bonchev–Trinajstić information content (AvgIpc) is 2.84. The third kappa shape index (κ3) is 4.62. The molecule has 1 saturated heterocycles. The Bertz CT molecular complexity index is 1060. The Balaban J connectivity index is 1.30. The third-order valence-corrected chi connectivity index (χ3v) is 5.95. The number of rotatable bonds is 6. The van der Waals surface area contributed by atoms with Crippen LogP contribution in [-0.4, -0.2) is 48.3 Å². The number of hydrogen-bond donors (Lipinski definition) is 1. The van der Waals surface area contributed by atoms with Crippen molar-refractivity contribution in [3.63, 3.8) is 0 Å². The number of methoxy groups -OCH3 is 1. The van der Waals surface area contributed by atoms with Crippen LogP contribution < -0.4 is 19.5 Å². The van der Waals surface area contributed by atoms with Crippen LogP contribution in [0.5, 0.6) is 17.2 Å². The highest BCUT2D eigenvalue weighted by Gasteiger charge is 2.25. The highest BCUT2D eigenvalue weighted by Crippen LogP contribution is 2.38. The van der Waals surface area contributed by atoms with E-state index >= 15 is 0 Å². The average molecular weight is 433 g/mol. The molecule has 0 saturated carbocycles. The first-order valence-corrected chi connectivity index (χ1v) is 11.1. The van der Waals surface area contributed by atoms with E-state index in [1.165, 1.54) is 0 Å². The summed E-state index contributed by atoms with van der Waals surface area (Å²) < 4.78 is 17.1. The second kappa shape index (κ2) is 9.44. The molecular formula is C25H28N4O3. The zero-order chi connectivity index (χ0) is 21.8. The fraction of sp³-hybridized carbons (Fsp3) is 0.360. The van der Waals surface area contributed by atoms with Gasteiger partial charge in [0.25, 0.3) is 0 Å². The second-order valence-corrected chi connectivity index (χ2v) is 8.17. The molecule has 1 aromatic carbocycles. The van der Waals surface area contributed by atoms with Crippen LogP contribution in [0, 0.1) is 0 Å². The van der Waals surface area contributed by atoms with Crippen molar-refractivity contribution in [2.75, 3.05) is 38.7 Å². The van der Waals surface area contributed by atoms with Gasteiger partial charge in [0.05, 0.1) is 7.11 Å². The lowest BCUT2D eigenvalue weighted by Crippen LogP contribution is -2.34. The van der Waals surface area contributed by atoms with Crippen LogP contribution in [0.4, 0.5) is 11.6 Å². The van der Waals surface area contributed by atoms with E-state index < -0.39 is 0 Å². The number of nitrogens with one attached hydrogen (secondary N) is 1. The standard InChI is InChI=1S/C25H28N4O3/c1-30-21-15-23-22(31-12-13-32-23)14-19(21)17-29-11-5-6-18(16-29)20-7-4-9-25(27-20)28-24-8-2-3-10-26-24/h2-4,7-10,14-15,18H,5-6,11-13,16-17H2,1H3,(H,26,27,28). The highest BCUT2D eigenvalue weighted by atomic mass is 16.6. The fourth-order valence-electron chi connectivity index (χ4n) is 4.42. The van der Waals surface area contributed by atoms with Gasteiger partial charge in [-0.25, -0.2) is 9.97 Å². The number of anilines is 2. The van der Waals surface area contributed by atoms with Gasteiger partial charge in [-0.3, -0.25) is 4.90 Å². The topological polar surface area (TPSA) is 68.7 Å². The van der Waals surface area contributed by atoms with Crippen LogP contribution in [0.25, 0.3) is 0 Å². The summed E-state index contributed by atoms with van der Waals surface area (Å²) in [5.41, 5.74) is 2.24. The predicted octanol–water partition coefficient (Wildman–Crippen LogP) is 4.38. The Morgan fingerprint density at radius 3 is 2.72 bits per heavy atom. The molecule has 3 aromatic rings. The SMILES string of the molecule is COc1cc2c(cc1CN1CCCC(c3cccc(Nc4ccccn4)n3)C1)OCCO2. The maximum atomic E-state index is 5.78. The minimum atomic E-state index is 0.387. The Kier molecular flexibility index (Phi) is 6.07. The molecule has 2 aliphatic rings. The van der Waals surface area contributed by atoms with E-state index in [0.717, 1.165) is 72.6 Å². The van der Waals surface area contributed by atoms with Crippen LogP contribution in [-0.2, 0) is 6.54 Å². The van der Waals surface area contributed by atoms with E-state index in [4.69, 9.17) is 19.2 Å². The zero-order valence-corrected chi connectivity index (χ0v) is 18.3. The molecule has 1 N–H and O–H groups in total. The number of benzene rings is 1. The molecule has 1 unspecified atom stereocenters. The van der Waals surface area contributed by atoms with Gasteiger partial charge < -0.3 is 19.5 Å². The van der Waals surface area contributed by atoms with E-state index in [2.05, 4.69) is 33.4 Å². The van der Waals surface area contributed by atoms with Gasteiger partial charge in [0.1, 0.15) is 30.6 Å². The monoisotopic (exact) mass is 432 g/mol. The van der Waals surface area contributed by atoms with E-state index in [-0.39, 0.29) is 0 Å². The van der Waals surface area contributed by atoms with Gasteiger partial charge in [-0.15, -0.1) is 0 Å². The minimum absolute atomic E-state index is 0.387. The number of pyridine rings is 2. The third-order valence-electron chi connectivity index (χ3n) is 5.95.